The highest BCUT2D eigenvalue weighted by molar-refractivity contribution is 6.33. The zero-order valence-corrected chi connectivity index (χ0v) is 22.3. The molecule has 4 amide bonds. The van der Waals surface area contributed by atoms with Crippen molar-refractivity contribution in [3.05, 3.63) is 22.7 Å². The lowest BCUT2D eigenvalue weighted by Gasteiger charge is -2.39. The Kier molecular flexibility index (Phi) is 8.86. The highest BCUT2D eigenvalue weighted by atomic mass is 35.5. The molecule has 3 aliphatic heterocycles. The van der Waals surface area contributed by atoms with Crippen LogP contribution < -0.4 is 15.8 Å². The number of rotatable bonds is 8. The molecule has 1 aromatic carbocycles. The maximum absolute atomic E-state index is 13.2. The molecule has 4 rings (SSSR count). The number of nitrogens with two attached hydrogens (primary N) is 1. The van der Waals surface area contributed by atoms with E-state index < -0.39 is 6.10 Å². The van der Waals surface area contributed by atoms with Crippen molar-refractivity contribution in [1.29, 1.82) is 0 Å². The molecule has 3 aliphatic rings. The van der Waals surface area contributed by atoms with Gasteiger partial charge in [-0.2, -0.15) is 0 Å². The molecule has 0 aromatic heterocycles. The first kappa shape index (κ1) is 27.1. The second-order valence-electron chi connectivity index (χ2n) is 9.71. The number of hydrogen-bond acceptors (Lipinski definition) is 7. The summed E-state index contributed by atoms with van der Waals surface area (Å²) in [6.45, 7) is 7.95. The molecule has 3 heterocycles. The van der Waals surface area contributed by atoms with Crippen molar-refractivity contribution in [3.8, 4) is 5.75 Å². The summed E-state index contributed by atoms with van der Waals surface area (Å²) in [7, 11) is 1.46. The number of ether oxygens (including phenoxy) is 2. The molecule has 2 unspecified atom stereocenters. The highest BCUT2D eigenvalue weighted by Gasteiger charge is 2.36. The fourth-order valence-electron chi connectivity index (χ4n) is 5.13. The Labute approximate surface area is 222 Å². The van der Waals surface area contributed by atoms with Gasteiger partial charge in [-0.15, -0.1) is 0 Å². The molecule has 11 nitrogen and oxygen atoms in total. The Balaban J connectivity index is 1.43. The monoisotopic (exact) mass is 536 g/mol. The third-order valence-corrected chi connectivity index (χ3v) is 7.72. The molecule has 0 aliphatic carbocycles. The number of benzene rings is 1. The van der Waals surface area contributed by atoms with Crippen molar-refractivity contribution in [2.45, 2.75) is 38.3 Å². The van der Waals surface area contributed by atoms with Crippen LogP contribution in [0.3, 0.4) is 0 Å². The van der Waals surface area contributed by atoms with Crippen LogP contribution in [0.1, 0.15) is 36.5 Å². The number of nitrogens with zero attached hydrogens (tertiary/aromatic N) is 4. The second kappa shape index (κ2) is 12.1. The molecule has 0 spiro atoms. The lowest BCUT2D eigenvalue weighted by atomic mass is 10.0. The Morgan fingerprint density at radius 3 is 2.51 bits per heavy atom. The lowest BCUT2D eigenvalue weighted by molar-refractivity contribution is 0.00439. The van der Waals surface area contributed by atoms with E-state index in [1.807, 2.05) is 16.7 Å². The first-order valence-corrected chi connectivity index (χ1v) is 13.3. The van der Waals surface area contributed by atoms with Crippen molar-refractivity contribution >= 4 is 35.3 Å². The van der Waals surface area contributed by atoms with Gasteiger partial charge >= 0.3 is 12.1 Å². The third kappa shape index (κ3) is 6.32. The van der Waals surface area contributed by atoms with Crippen LogP contribution in [0, 0.1) is 0 Å². The number of methoxy groups -OCH3 is 1. The van der Waals surface area contributed by atoms with E-state index in [9.17, 15) is 14.4 Å². The van der Waals surface area contributed by atoms with Crippen molar-refractivity contribution in [1.82, 2.24) is 24.9 Å². The Hall–Kier alpha value is -2.92. The zero-order chi connectivity index (χ0) is 26.5. The van der Waals surface area contributed by atoms with E-state index >= 15 is 0 Å². The number of nitrogen functional groups attached to an aromatic ring is 1. The van der Waals surface area contributed by atoms with Crippen molar-refractivity contribution in [2.24, 2.45) is 0 Å². The summed E-state index contributed by atoms with van der Waals surface area (Å²) in [6.07, 6.45) is 1.61. The molecule has 1 aromatic rings. The van der Waals surface area contributed by atoms with E-state index in [4.69, 9.17) is 26.8 Å². The minimum Gasteiger partial charge on any atom is -0.496 e. The number of anilines is 1. The molecule has 12 heteroatoms. The average molecular weight is 537 g/mol. The fourth-order valence-corrected chi connectivity index (χ4v) is 5.29. The van der Waals surface area contributed by atoms with Gasteiger partial charge in [0, 0.05) is 65.0 Å². The van der Waals surface area contributed by atoms with Crippen LogP contribution >= 0.6 is 11.6 Å². The Morgan fingerprint density at radius 2 is 1.84 bits per heavy atom. The zero-order valence-electron chi connectivity index (χ0n) is 21.6. The van der Waals surface area contributed by atoms with Crippen LogP contribution in [0.4, 0.5) is 15.3 Å². The van der Waals surface area contributed by atoms with Crippen molar-refractivity contribution < 1.29 is 23.9 Å². The van der Waals surface area contributed by atoms with E-state index in [0.29, 0.717) is 63.7 Å². The summed E-state index contributed by atoms with van der Waals surface area (Å²) in [5.74, 6) is -0.0550. The first-order chi connectivity index (χ1) is 17.8. The predicted molar refractivity (Wildman–Crippen MR) is 140 cm³/mol. The molecule has 0 bridgehead atoms. The summed E-state index contributed by atoms with van der Waals surface area (Å²) in [5, 5.41) is 3.29. The van der Waals surface area contributed by atoms with Gasteiger partial charge in [-0.05, 0) is 32.3 Å². The standard InChI is InChI=1S/C25H37ClN6O5/c1-3-30-12-13-31(24(30)34)11-10-29-9-6-20(22(16-29)37-25(35)32-7-4-5-8-32)28-23(33)17-14-18(26)19(27)15-21(17)36-2/h14-15,20,22H,3-13,16,27H2,1-2H3,(H,28,33). The van der Waals surface area contributed by atoms with E-state index in [2.05, 4.69) is 10.2 Å². The molecule has 37 heavy (non-hydrogen) atoms. The number of halogens is 1. The number of urea groups is 1. The summed E-state index contributed by atoms with van der Waals surface area (Å²) < 4.78 is 11.3. The van der Waals surface area contributed by atoms with Gasteiger partial charge < -0.3 is 35.2 Å². The molecule has 3 saturated heterocycles. The van der Waals surface area contributed by atoms with Gasteiger partial charge in [0.25, 0.3) is 5.91 Å². The predicted octanol–water partition coefficient (Wildman–Crippen LogP) is 2.09. The SMILES string of the molecule is CCN1CCN(CCN2CCC(NC(=O)c3cc(Cl)c(N)cc3OC)C(OC(=O)N3CCCC3)C2)C1=O. The van der Waals surface area contributed by atoms with Crippen molar-refractivity contribution in [2.75, 3.05) is 71.7 Å². The van der Waals surface area contributed by atoms with Crippen LogP contribution in [0.15, 0.2) is 12.1 Å². The molecule has 0 saturated carbocycles. The number of carbonyl (C=O) groups is 3. The van der Waals surface area contributed by atoms with Gasteiger partial charge in [0.05, 0.1) is 29.4 Å². The molecule has 0 radical (unpaired) electrons. The van der Waals surface area contributed by atoms with Crippen LogP contribution in [0.5, 0.6) is 5.75 Å². The molecule has 2 atom stereocenters. The van der Waals surface area contributed by atoms with Gasteiger partial charge in [-0.3, -0.25) is 9.69 Å². The van der Waals surface area contributed by atoms with Gasteiger partial charge in [0.15, 0.2) is 0 Å². The maximum Gasteiger partial charge on any atom is 0.410 e. The Bertz CT molecular complexity index is 1000. The van der Waals surface area contributed by atoms with E-state index in [1.165, 1.54) is 19.2 Å². The number of hydrogen-bond donors (Lipinski definition) is 2. The van der Waals surface area contributed by atoms with Crippen LogP contribution in [-0.4, -0.2) is 116 Å². The lowest BCUT2D eigenvalue weighted by Crippen LogP contribution is -2.57. The van der Waals surface area contributed by atoms with E-state index in [1.54, 1.807) is 4.90 Å². The second-order valence-corrected chi connectivity index (χ2v) is 10.1. The number of piperidine rings is 1. The number of likely N-dealkylation sites (N-methyl/N-ethyl adjacent to an activating group) is 1. The van der Waals surface area contributed by atoms with Gasteiger partial charge in [-0.25, -0.2) is 9.59 Å². The first-order valence-electron chi connectivity index (χ1n) is 13.0. The molecular weight excluding hydrogens is 500 g/mol. The van der Waals surface area contributed by atoms with Gasteiger partial charge in [0.2, 0.25) is 0 Å². The smallest absolute Gasteiger partial charge is 0.410 e. The topological polar surface area (TPSA) is 121 Å². The Morgan fingerprint density at radius 1 is 1.11 bits per heavy atom. The number of likely N-dealkylation sites (tertiary alicyclic amines) is 2. The number of carbonyl (C=O) groups excluding carboxylic acids is 3. The van der Waals surface area contributed by atoms with Gasteiger partial charge in [0.1, 0.15) is 11.9 Å². The molecule has 3 fully saturated rings. The largest absolute Gasteiger partial charge is 0.496 e. The third-order valence-electron chi connectivity index (χ3n) is 7.39. The summed E-state index contributed by atoms with van der Waals surface area (Å²) in [4.78, 5) is 46.1. The minimum atomic E-state index is -0.539. The van der Waals surface area contributed by atoms with Gasteiger partial charge in [-0.1, -0.05) is 11.6 Å². The van der Waals surface area contributed by atoms with Crippen LogP contribution in [0.25, 0.3) is 0 Å². The number of amides is 4. The summed E-state index contributed by atoms with van der Waals surface area (Å²) in [6, 6.07) is 2.68. The highest BCUT2D eigenvalue weighted by Crippen LogP contribution is 2.29. The van der Waals surface area contributed by atoms with Crippen LogP contribution in [-0.2, 0) is 4.74 Å². The molecular formula is C25H37ClN6O5. The quantitative estimate of drug-likeness (QED) is 0.488. The minimum absolute atomic E-state index is 0.0674. The van der Waals surface area contributed by atoms with E-state index in [-0.39, 0.29) is 34.7 Å². The van der Waals surface area contributed by atoms with E-state index in [0.717, 1.165) is 25.9 Å². The molecule has 204 valence electrons. The molecule has 3 N–H and O–H groups in total. The summed E-state index contributed by atoms with van der Waals surface area (Å²) in [5.41, 5.74) is 6.45. The maximum atomic E-state index is 13.2. The summed E-state index contributed by atoms with van der Waals surface area (Å²) >= 11 is 6.16. The van der Waals surface area contributed by atoms with Crippen LogP contribution in [0.2, 0.25) is 5.02 Å². The van der Waals surface area contributed by atoms with Crippen molar-refractivity contribution in [3.63, 3.8) is 0 Å². The number of nitrogens with one attached hydrogen (secondary N) is 1. The normalized spacial score (nSPS) is 22.5. The average Bonchev–Trinajstić information content (AvgIpc) is 3.55. The fraction of sp³-hybridized carbons (Fsp3) is 0.640.